The predicted octanol–water partition coefficient (Wildman–Crippen LogP) is 2.18. The highest BCUT2D eigenvalue weighted by Gasteiger charge is 2.48. The first-order valence-corrected chi connectivity index (χ1v) is 8.11. The van der Waals surface area contributed by atoms with Crippen LogP contribution in [-0.4, -0.2) is 48.7 Å². The van der Waals surface area contributed by atoms with E-state index < -0.39 is 5.54 Å². The molecule has 0 aromatic carbocycles. The molecule has 4 atom stereocenters. The van der Waals surface area contributed by atoms with Gasteiger partial charge in [-0.05, 0) is 58.0 Å². The smallest absolute Gasteiger partial charge is 0.326 e. The van der Waals surface area contributed by atoms with Crippen molar-refractivity contribution < 1.29 is 9.53 Å². The van der Waals surface area contributed by atoms with Crippen LogP contribution in [0.25, 0.3) is 0 Å². The Morgan fingerprint density at radius 1 is 1.40 bits per heavy atom. The molecule has 4 unspecified atom stereocenters. The van der Waals surface area contributed by atoms with Gasteiger partial charge in [-0.2, -0.15) is 0 Å². The van der Waals surface area contributed by atoms with E-state index in [-0.39, 0.29) is 5.97 Å². The van der Waals surface area contributed by atoms with E-state index in [4.69, 9.17) is 4.74 Å². The SMILES string of the molecule is CCNC1(C(=O)OC)CCC(N2CCC(C)CC2C)C1. The average molecular weight is 282 g/mol. The van der Waals surface area contributed by atoms with Crippen molar-refractivity contribution in [3.63, 3.8) is 0 Å². The van der Waals surface area contributed by atoms with E-state index in [0.29, 0.717) is 12.1 Å². The summed E-state index contributed by atoms with van der Waals surface area (Å²) in [4.78, 5) is 14.8. The Kier molecular flexibility index (Phi) is 5.08. The van der Waals surface area contributed by atoms with Gasteiger partial charge >= 0.3 is 5.97 Å². The average Bonchev–Trinajstić information content (AvgIpc) is 2.83. The number of piperidine rings is 1. The number of likely N-dealkylation sites (N-methyl/N-ethyl adjacent to an activating group) is 1. The van der Waals surface area contributed by atoms with Crippen molar-refractivity contribution in [2.24, 2.45) is 5.92 Å². The quantitative estimate of drug-likeness (QED) is 0.803. The van der Waals surface area contributed by atoms with Gasteiger partial charge < -0.3 is 10.1 Å². The lowest BCUT2D eigenvalue weighted by molar-refractivity contribution is -0.148. The molecule has 0 aromatic rings. The van der Waals surface area contributed by atoms with Gasteiger partial charge in [0.15, 0.2) is 0 Å². The molecule has 4 heteroatoms. The maximum absolute atomic E-state index is 12.2. The van der Waals surface area contributed by atoms with Crippen molar-refractivity contribution in [1.29, 1.82) is 0 Å². The number of nitrogens with one attached hydrogen (secondary N) is 1. The number of carbonyl (C=O) groups excluding carboxylic acids is 1. The summed E-state index contributed by atoms with van der Waals surface area (Å²) in [6, 6.07) is 1.16. The van der Waals surface area contributed by atoms with Crippen molar-refractivity contribution in [1.82, 2.24) is 10.2 Å². The predicted molar refractivity (Wildman–Crippen MR) is 80.6 cm³/mol. The Morgan fingerprint density at radius 3 is 2.75 bits per heavy atom. The molecule has 2 fully saturated rings. The van der Waals surface area contributed by atoms with Crippen molar-refractivity contribution in [3.8, 4) is 0 Å². The Balaban J connectivity index is 2.04. The summed E-state index contributed by atoms with van der Waals surface area (Å²) in [7, 11) is 1.50. The summed E-state index contributed by atoms with van der Waals surface area (Å²) in [6.45, 7) is 8.73. The summed E-state index contributed by atoms with van der Waals surface area (Å²) >= 11 is 0. The van der Waals surface area contributed by atoms with E-state index in [0.717, 1.165) is 31.7 Å². The van der Waals surface area contributed by atoms with Gasteiger partial charge in [0, 0.05) is 12.1 Å². The monoisotopic (exact) mass is 282 g/mol. The van der Waals surface area contributed by atoms with Crippen molar-refractivity contribution in [2.45, 2.75) is 70.5 Å². The molecule has 0 spiro atoms. The van der Waals surface area contributed by atoms with Crippen LogP contribution in [0.4, 0.5) is 0 Å². The molecule has 1 saturated carbocycles. The van der Waals surface area contributed by atoms with Crippen LogP contribution in [-0.2, 0) is 9.53 Å². The van der Waals surface area contributed by atoms with Crippen LogP contribution in [0.3, 0.4) is 0 Å². The molecule has 1 N–H and O–H groups in total. The lowest BCUT2D eigenvalue weighted by Gasteiger charge is -2.41. The zero-order valence-corrected chi connectivity index (χ0v) is 13.4. The minimum Gasteiger partial charge on any atom is -0.468 e. The number of nitrogens with zero attached hydrogens (tertiary/aromatic N) is 1. The minimum absolute atomic E-state index is 0.0834. The first kappa shape index (κ1) is 15.8. The minimum atomic E-state index is -0.447. The zero-order chi connectivity index (χ0) is 14.8. The van der Waals surface area contributed by atoms with Gasteiger partial charge in [-0.3, -0.25) is 9.69 Å². The van der Waals surface area contributed by atoms with E-state index in [1.165, 1.54) is 26.5 Å². The first-order valence-electron chi connectivity index (χ1n) is 8.11. The molecule has 0 aromatic heterocycles. The summed E-state index contributed by atoms with van der Waals surface area (Å²) in [5, 5.41) is 3.40. The number of hydrogen-bond acceptors (Lipinski definition) is 4. The normalized spacial score (nSPS) is 38.9. The fourth-order valence-electron chi connectivity index (χ4n) is 4.22. The Hall–Kier alpha value is -0.610. The number of rotatable bonds is 4. The molecule has 1 aliphatic heterocycles. The molecule has 1 saturated heterocycles. The van der Waals surface area contributed by atoms with Crippen LogP contribution in [0.15, 0.2) is 0 Å². The largest absolute Gasteiger partial charge is 0.468 e. The molecule has 0 amide bonds. The van der Waals surface area contributed by atoms with Crippen LogP contribution in [0.1, 0.15) is 52.9 Å². The van der Waals surface area contributed by atoms with Gasteiger partial charge in [0.2, 0.25) is 0 Å². The van der Waals surface area contributed by atoms with Crippen molar-refractivity contribution >= 4 is 5.97 Å². The molecule has 2 aliphatic rings. The van der Waals surface area contributed by atoms with Crippen LogP contribution in [0.2, 0.25) is 0 Å². The molecule has 0 bridgehead atoms. The van der Waals surface area contributed by atoms with E-state index in [9.17, 15) is 4.79 Å². The zero-order valence-electron chi connectivity index (χ0n) is 13.4. The number of ether oxygens (including phenoxy) is 1. The van der Waals surface area contributed by atoms with Gasteiger partial charge in [0.1, 0.15) is 5.54 Å². The molecule has 1 aliphatic carbocycles. The summed E-state index contributed by atoms with van der Waals surface area (Å²) in [5.74, 6) is 0.752. The van der Waals surface area contributed by atoms with Gasteiger partial charge in [-0.15, -0.1) is 0 Å². The summed E-state index contributed by atoms with van der Waals surface area (Å²) in [5.41, 5.74) is -0.447. The third-order valence-corrected chi connectivity index (χ3v) is 5.24. The molecular weight excluding hydrogens is 252 g/mol. The molecule has 4 nitrogen and oxygen atoms in total. The maximum atomic E-state index is 12.2. The number of carbonyl (C=O) groups is 1. The third kappa shape index (κ3) is 3.01. The fraction of sp³-hybridized carbons (Fsp3) is 0.938. The van der Waals surface area contributed by atoms with E-state index in [1.54, 1.807) is 0 Å². The van der Waals surface area contributed by atoms with Crippen LogP contribution in [0, 0.1) is 5.92 Å². The highest BCUT2D eigenvalue weighted by Crippen LogP contribution is 2.37. The fourth-order valence-corrected chi connectivity index (χ4v) is 4.22. The molecule has 1 heterocycles. The molecule has 116 valence electrons. The Bertz CT molecular complexity index is 347. The number of likely N-dealkylation sites (tertiary alicyclic amines) is 1. The van der Waals surface area contributed by atoms with E-state index in [2.05, 4.69) is 31.0 Å². The van der Waals surface area contributed by atoms with E-state index in [1.807, 2.05) is 0 Å². The maximum Gasteiger partial charge on any atom is 0.326 e. The van der Waals surface area contributed by atoms with Gasteiger partial charge in [0.25, 0.3) is 0 Å². The highest BCUT2D eigenvalue weighted by atomic mass is 16.5. The van der Waals surface area contributed by atoms with Gasteiger partial charge in [-0.25, -0.2) is 0 Å². The van der Waals surface area contributed by atoms with Crippen LogP contribution < -0.4 is 5.32 Å². The molecule has 2 rings (SSSR count). The lowest BCUT2D eigenvalue weighted by Crippen LogP contribution is -2.53. The second kappa shape index (κ2) is 6.44. The van der Waals surface area contributed by atoms with Gasteiger partial charge in [-0.1, -0.05) is 13.8 Å². The van der Waals surface area contributed by atoms with Crippen LogP contribution >= 0.6 is 0 Å². The first-order chi connectivity index (χ1) is 9.52. The molecular formula is C16H30N2O2. The van der Waals surface area contributed by atoms with E-state index >= 15 is 0 Å². The molecule has 0 radical (unpaired) electrons. The second-order valence-corrected chi connectivity index (χ2v) is 6.72. The Morgan fingerprint density at radius 2 is 2.15 bits per heavy atom. The number of hydrogen-bond donors (Lipinski definition) is 1. The summed E-state index contributed by atoms with van der Waals surface area (Å²) in [6.07, 6.45) is 5.46. The standard InChI is InChI=1S/C16H30N2O2/c1-5-17-16(15(19)20-4)8-6-14(11-16)18-9-7-12(2)10-13(18)3/h12-14,17H,5-11H2,1-4H3. The third-order valence-electron chi connectivity index (χ3n) is 5.24. The van der Waals surface area contributed by atoms with Crippen molar-refractivity contribution in [2.75, 3.05) is 20.2 Å². The second-order valence-electron chi connectivity index (χ2n) is 6.72. The topological polar surface area (TPSA) is 41.6 Å². The van der Waals surface area contributed by atoms with Crippen LogP contribution in [0.5, 0.6) is 0 Å². The number of methoxy groups -OCH3 is 1. The highest BCUT2D eigenvalue weighted by molar-refractivity contribution is 5.81. The van der Waals surface area contributed by atoms with Gasteiger partial charge in [0.05, 0.1) is 7.11 Å². The summed E-state index contributed by atoms with van der Waals surface area (Å²) < 4.78 is 5.05. The molecule has 20 heavy (non-hydrogen) atoms. The number of esters is 1. The Labute approximate surface area is 123 Å². The lowest BCUT2D eigenvalue weighted by atomic mass is 9.91. The van der Waals surface area contributed by atoms with Crippen molar-refractivity contribution in [3.05, 3.63) is 0 Å².